The number of nitrogens with zero attached hydrogens (tertiary/aromatic N) is 3. The summed E-state index contributed by atoms with van der Waals surface area (Å²) in [5, 5.41) is 7.33. The van der Waals surface area contributed by atoms with Crippen LogP contribution >= 0.6 is 0 Å². The lowest BCUT2D eigenvalue weighted by atomic mass is 9.96. The van der Waals surface area contributed by atoms with E-state index in [0.29, 0.717) is 30.3 Å². The predicted molar refractivity (Wildman–Crippen MR) is 127 cm³/mol. The molecule has 2 aromatic carbocycles. The number of hydrogen-bond donors (Lipinski definition) is 1. The van der Waals surface area contributed by atoms with E-state index in [4.69, 9.17) is 9.47 Å². The zero-order chi connectivity index (χ0) is 23.2. The summed E-state index contributed by atoms with van der Waals surface area (Å²) in [6, 6.07) is 16.6. The average molecular weight is 449 g/mol. The highest BCUT2D eigenvalue weighted by Crippen LogP contribution is 2.30. The molecule has 8 heteroatoms. The molecule has 1 N–H and O–H groups in total. The molecule has 1 saturated heterocycles. The van der Waals surface area contributed by atoms with Gasteiger partial charge in [-0.05, 0) is 30.5 Å². The van der Waals surface area contributed by atoms with Crippen molar-refractivity contribution in [1.29, 1.82) is 0 Å². The zero-order valence-corrected chi connectivity index (χ0v) is 18.9. The van der Waals surface area contributed by atoms with Crippen LogP contribution < -0.4 is 25.2 Å². The second-order valence-electron chi connectivity index (χ2n) is 8.04. The molecule has 1 aromatic heterocycles. The van der Waals surface area contributed by atoms with Gasteiger partial charge in [-0.2, -0.15) is 5.10 Å². The van der Waals surface area contributed by atoms with Gasteiger partial charge in [0.25, 0.3) is 5.56 Å². The fourth-order valence-corrected chi connectivity index (χ4v) is 4.06. The minimum Gasteiger partial charge on any atom is -0.493 e. The second-order valence-corrected chi connectivity index (χ2v) is 8.04. The smallest absolute Gasteiger partial charge is 0.269 e. The van der Waals surface area contributed by atoms with Crippen LogP contribution in [0.4, 0.5) is 11.4 Å². The fraction of sp³-hybridized carbons (Fsp3) is 0.320. The summed E-state index contributed by atoms with van der Waals surface area (Å²) in [6.07, 6.45) is 3.35. The van der Waals surface area contributed by atoms with Crippen molar-refractivity contribution in [1.82, 2.24) is 9.78 Å². The van der Waals surface area contributed by atoms with Crippen LogP contribution in [0.3, 0.4) is 0 Å². The summed E-state index contributed by atoms with van der Waals surface area (Å²) in [4.78, 5) is 27.6. The topological polar surface area (TPSA) is 85.7 Å². The van der Waals surface area contributed by atoms with Crippen molar-refractivity contribution in [2.24, 2.45) is 5.92 Å². The number of anilines is 2. The second kappa shape index (κ2) is 10.2. The van der Waals surface area contributed by atoms with Crippen LogP contribution in [0.15, 0.2) is 65.6 Å². The third-order valence-corrected chi connectivity index (χ3v) is 5.84. The first kappa shape index (κ1) is 22.4. The number of hydrogen-bond acceptors (Lipinski definition) is 6. The number of methoxy groups -OCH3 is 2. The van der Waals surface area contributed by atoms with Gasteiger partial charge in [-0.15, -0.1) is 0 Å². The number of rotatable bonds is 7. The van der Waals surface area contributed by atoms with E-state index in [9.17, 15) is 9.59 Å². The van der Waals surface area contributed by atoms with Gasteiger partial charge in [0.05, 0.1) is 38.6 Å². The van der Waals surface area contributed by atoms with E-state index in [1.165, 1.54) is 4.68 Å². The van der Waals surface area contributed by atoms with Gasteiger partial charge < -0.3 is 19.7 Å². The lowest BCUT2D eigenvalue weighted by Gasteiger charge is -2.33. The molecule has 0 unspecified atom stereocenters. The number of aromatic nitrogens is 2. The van der Waals surface area contributed by atoms with Gasteiger partial charge in [0.2, 0.25) is 5.91 Å². The molecule has 1 aliphatic rings. The molecule has 1 amide bonds. The van der Waals surface area contributed by atoms with E-state index in [-0.39, 0.29) is 17.4 Å². The number of piperidine rings is 1. The van der Waals surface area contributed by atoms with E-state index in [1.54, 1.807) is 44.7 Å². The van der Waals surface area contributed by atoms with Gasteiger partial charge in [0.15, 0.2) is 11.5 Å². The Labute approximate surface area is 192 Å². The van der Waals surface area contributed by atoms with Crippen molar-refractivity contribution < 1.29 is 14.3 Å². The van der Waals surface area contributed by atoms with Crippen molar-refractivity contribution in [3.63, 3.8) is 0 Å². The lowest BCUT2D eigenvalue weighted by molar-refractivity contribution is -0.120. The van der Waals surface area contributed by atoms with Crippen molar-refractivity contribution in [3.05, 3.63) is 76.7 Å². The number of amides is 1. The first-order valence-electron chi connectivity index (χ1n) is 11.0. The first-order valence-corrected chi connectivity index (χ1v) is 11.0. The minimum absolute atomic E-state index is 0.0581. The van der Waals surface area contributed by atoms with E-state index in [1.807, 2.05) is 30.3 Å². The maximum absolute atomic E-state index is 12.9. The molecule has 0 bridgehead atoms. The lowest BCUT2D eigenvalue weighted by Crippen LogP contribution is -2.41. The maximum atomic E-state index is 12.9. The third-order valence-electron chi connectivity index (χ3n) is 5.84. The largest absolute Gasteiger partial charge is 0.493 e. The van der Waals surface area contributed by atoms with Crippen LogP contribution in [0.5, 0.6) is 11.5 Å². The quantitative estimate of drug-likeness (QED) is 0.598. The van der Waals surface area contributed by atoms with Crippen LogP contribution in [0.25, 0.3) is 0 Å². The Kier molecular flexibility index (Phi) is 6.92. The Bertz CT molecular complexity index is 1160. The van der Waals surface area contributed by atoms with Gasteiger partial charge in [-0.1, -0.05) is 30.3 Å². The highest BCUT2D eigenvalue weighted by atomic mass is 16.5. The number of benzene rings is 2. The van der Waals surface area contributed by atoms with Crippen LogP contribution in [-0.2, 0) is 11.3 Å². The molecule has 4 rings (SSSR count). The molecule has 0 aliphatic carbocycles. The van der Waals surface area contributed by atoms with Crippen molar-refractivity contribution in [3.8, 4) is 11.5 Å². The Morgan fingerprint density at radius 3 is 2.61 bits per heavy atom. The first-order chi connectivity index (χ1) is 16.1. The SMILES string of the molecule is COc1ccc(NC(=O)[C@H]2CCCN(c3cnn(Cc4ccccc4)c(=O)c3)C2)cc1OC. The number of carbonyl (C=O) groups is 1. The monoisotopic (exact) mass is 448 g/mol. The molecule has 2 heterocycles. The third kappa shape index (κ3) is 5.34. The molecule has 8 nitrogen and oxygen atoms in total. The summed E-state index contributed by atoms with van der Waals surface area (Å²) in [5.41, 5.74) is 2.26. The minimum atomic E-state index is -0.196. The molecule has 0 saturated carbocycles. The van der Waals surface area contributed by atoms with E-state index in [2.05, 4.69) is 15.3 Å². The molecular weight excluding hydrogens is 420 g/mol. The standard InChI is InChI=1S/C25H28N4O4/c1-32-22-11-10-20(13-23(22)33-2)27-25(31)19-9-6-12-28(17-19)21-14-24(30)29(26-15-21)16-18-7-4-3-5-8-18/h3-5,7-8,10-11,13-15,19H,6,9,12,16-17H2,1-2H3,(H,27,31)/t19-/m0/s1. The van der Waals surface area contributed by atoms with Crippen LogP contribution in [0.1, 0.15) is 18.4 Å². The summed E-state index contributed by atoms with van der Waals surface area (Å²) in [7, 11) is 3.13. The van der Waals surface area contributed by atoms with Crippen molar-refractivity contribution in [2.45, 2.75) is 19.4 Å². The molecular formula is C25H28N4O4. The number of nitrogens with one attached hydrogen (secondary N) is 1. The van der Waals surface area contributed by atoms with Gasteiger partial charge >= 0.3 is 0 Å². The maximum Gasteiger partial charge on any atom is 0.269 e. The average Bonchev–Trinajstić information content (AvgIpc) is 2.86. The molecule has 1 atom stereocenters. The van der Waals surface area contributed by atoms with Crippen molar-refractivity contribution >= 4 is 17.3 Å². The van der Waals surface area contributed by atoms with Crippen molar-refractivity contribution in [2.75, 3.05) is 37.5 Å². The summed E-state index contributed by atoms with van der Waals surface area (Å²) in [6.45, 7) is 1.74. The van der Waals surface area contributed by atoms with Gasteiger partial charge in [-0.3, -0.25) is 9.59 Å². The number of carbonyl (C=O) groups excluding carboxylic acids is 1. The van der Waals surface area contributed by atoms with E-state index < -0.39 is 0 Å². The molecule has 33 heavy (non-hydrogen) atoms. The van der Waals surface area contributed by atoms with E-state index in [0.717, 1.165) is 30.6 Å². The molecule has 1 aliphatic heterocycles. The van der Waals surface area contributed by atoms with Crippen LogP contribution in [0, 0.1) is 5.92 Å². The highest BCUT2D eigenvalue weighted by Gasteiger charge is 2.27. The van der Waals surface area contributed by atoms with E-state index >= 15 is 0 Å². The van der Waals surface area contributed by atoms with Gasteiger partial charge in [-0.25, -0.2) is 4.68 Å². The summed E-state index contributed by atoms with van der Waals surface area (Å²) in [5.74, 6) is 0.910. The molecule has 3 aromatic rings. The van der Waals surface area contributed by atoms with Crippen LogP contribution in [0.2, 0.25) is 0 Å². The predicted octanol–water partition coefficient (Wildman–Crippen LogP) is 3.16. The Hall–Kier alpha value is -3.81. The zero-order valence-electron chi connectivity index (χ0n) is 18.9. The normalized spacial score (nSPS) is 15.7. The molecule has 172 valence electrons. The number of ether oxygens (including phenoxy) is 2. The summed E-state index contributed by atoms with van der Waals surface area (Å²) < 4.78 is 12.0. The fourth-order valence-electron chi connectivity index (χ4n) is 4.06. The van der Waals surface area contributed by atoms with Gasteiger partial charge in [0.1, 0.15) is 0 Å². The highest BCUT2D eigenvalue weighted by molar-refractivity contribution is 5.93. The van der Waals surface area contributed by atoms with Crippen LogP contribution in [-0.4, -0.2) is 43.0 Å². The molecule has 0 radical (unpaired) electrons. The molecule has 1 fully saturated rings. The summed E-state index contributed by atoms with van der Waals surface area (Å²) >= 11 is 0. The Balaban J connectivity index is 1.42. The molecule has 0 spiro atoms. The Morgan fingerprint density at radius 1 is 1.09 bits per heavy atom. The Morgan fingerprint density at radius 2 is 1.88 bits per heavy atom. The van der Waals surface area contributed by atoms with Gasteiger partial charge in [0, 0.05) is 30.9 Å².